The van der Waals surface area contributed by atoms with Gasteiger partial charge in [-0.2, -0.15) is 4.31 Å². The molecule has 0 aliphatic carbocycles. The highest BCUT2D eigenvalue weighted by atomic mass is 32.2. The van der Waals surface area contributed by atoms with Gasteiger partial charge in [-0.1, -0.05) is 48.0 Å². The van der Waals surface area contributed by atoms with Crippen molar-refractivity contribution in [1.82, 2.24) is 14.5 Å². The molecule has 1 aliphatic heterocycles. The van der Waals surface area contributed by atoms with Gasteiger partial charge in [0.25, 0.3) is 0 Å². The van der Waals surface area contributed by atoms with E-state index in [0.717, 1.165) is 0 Å². The molecule has 1 heterocycles. The lowest BCUT2D eigenvalue weighted by Gasteiger charge is -2.35. The van der Waals surface area contributed by atoms with E-state index >= 15 is 0 Å². The minimum Gasteiger partial charge on any atom is -0.358 e. The van der Waals surface area contributed by atoms with Gasteiger partial charge in [0.1, 0.15) is 0 Å². The van der Waals surface area contributed by atoms with E-state index in [0.29, 0.717) is 42.7 Å². The largest absolute Gasteiger partial charge is 0.358 e. The van der Waals surface area contributed by atoms with Crippen LogP contribution in [0.5, 0.6) is 0 Å². The summed E-state index contributed by atoms with van der Waals surface area (Å²) >= 11 is 5.47. The molecule has 1 aliphatic rings. The van der Waals surface area contributed by atoms with E-state index in [1.165, 1.54) is 15.4 Å². The molecule has 0 atom stereocenters. The lowest BCUT2D eigenvalue weighted by Crippen LogP contribution is -2.52. The Balaban J connectivity index is 1.53. The van der Waals surface area contributed by atoms with Crippen LogP contribution in [0.15, 0.2) is 59.5 Å². The second-order valence-electron chi connectivity index (χ2n) is 6.35. The number of nitrogens with one attached hydrogen (secondary N) is 1. The number of nitrogens with zero attached hydrogens (tertiary/aromatic N) is 2. The summed E-state index contributed by atoms with van der Waals surface area (Å²) < 4.78 is 26.9. The van der Waals surface area contributed by atoms with Gasteiger partial charge in [-0.3, -0.25) is 0 Å². The van der Waals surface area contributed by atoms with Gasteiger partial charge in [-0.25, -0.2) is 8.42 Å². The Labute approximate surface area is 160 Å². The fraction of sp³-hybridized carbons (Fsp3) is 0.316. The van der Waals surface area contributed by atoms with E-state index < -0.39 is 10.0 Å². The number of sulfonamides is 1. The highest BCUT2D eigenvalue weighted by Crippen LogP contribution is 2.17. The van der Waals surface area contributed by atoms with Crippen LogP contribution in [0.4, 0.5) is 0 Å². The second-order valence-corrected chi connectivity index (χ2v) is 8.67. The molecule has 0 aromatic heterocycles. The summed E-state index contributed by atoms with van der Waals surface area (Å²) in [4.78, 5) is 2.37. The third-order valence-electron chi connectivity index (χ3n) is 4.47. The average molecular weight is 390 g/mol. The summed E-state index contributed by atoms with van der Waals surface area (Å²) in [5.74, 6) is 0. The molecular formula is C19H23N3O2S2. The summed E-state index contributed by atoms with van der Waals surface area (Å²) in [5.41, 5.74) is 2.40. The first-order valence-corrected chi connectivity index (χ1v) is 10.5. The van der Waals surface area contributed by atoms with Gasteiger partial charge in [0.2, 0.25) is 10.0 Å². The molecule has 2 aromatic rings. The van der Waals surface area contributed by atoms with Crippen molar-refractivity contribution in [3.05, 3.63) is 65.7 Å². The molecule has 5 nitrogen and oxygen atoms in total. The van der Waals surface area contributed by atoms with Crippen molar-refractivity contribution in [3.8, 4) is 0 Å². The standard InChI is InChI=1S/C19H23N3O2S2/c1-16-7-9-17(10-8-16)15-20-19(25)21-11-13-22(14-12-21)26(23,24)18-5-3-2-4-6-18/h2-10H,11-15H2,1H3,(H,20,25). The van der Waals surface area contributed by atoms with Crippen molar-refractivity contribution in [1.29, 1.82) is 0 Å². The Bertz CT molecular complexity index is 844. The zero-order chi connectivity index (χ0) is 18.6. The number of thiocarbonyl (C=S) groups is 1. The summed E-state index contributed by atoms with van der Waals surface area (Å²) in [6, 6.07) is 16.9. The second kappa shape index (κ2) is 8.16. The van der Waals surface area contributed by atoms with Gasteiger partial charge in [-0.05, 0) is 36.8 Å². The van der Waals surface area contributed by atoms with Crippen LogP contribution in [-0.4, -0.2) is 48.9 Å². The predicted octanol–water partition coefficient (Wildman–Crippen LogP) is 2.38. The Morgan fingerprint density at radius 2 is 1.62 bits per heavy atom. The van der Waals surface area contributed by atoms with Crippen LogP contribution < -0.4 is 5.32 Å². The number of hydrogen-bond donors (Lipinski definition) is 1. The third kappa shape index (κ3) is 4.41. The van der Waals surface area contributed by atoms with Crippen LogP contribution in [0.25, 0.3) is 0 Å². The molecule has 3 rings (SSSR count). The van der Waals surface area contributed by atoms with Gasteiger partial charge in [0.15, 0.2) is 5.11 Å². The maximum absolute atomic E-state index is 12.7. The minimum atomic E-state index is -3.43. The Kier molecular flexibility index (Phi) is 5.90. The number of piperazine rings is 1. The van der Waals surface area contributed by atoms with Crippen LogP contribution in [-0.2, 0) is 16.6 Å². The fourth-order valence-corrected chi connectivity index (χ4v) is 4.57. The maximum Gasteiger partial charge on any atom is 0.243 e. The summed E-state index contributed by atoms with van der Waals surface area (Å²) in [7, 11) is -3.43. The van der Waals surface area contributed by atoms with Crippen LogP contribution in [0.3, 0.4) is 0 Å². The summed E-state index contributed by atoms with van der Waals surface area (Å²) in [6.07, 6.45) is 0. The number of benzene rings is 2. The monoisotopic (exact) mass is 389 g/mol. The number of rotatable bonds is 4. The molecule has 0 radical (unpaired) electrons. The molecule has 0 bridgehead atoms. The van der Waals surface area contributed by atoms with Crippen molar-refractivity contribution >= 4 is 27.4 Å². The molecule has 26 heavy (non-hydrogen) atoms. The Morgan fingerprint density at radius 3 is 2.23 bits per heavy atom. The molecule has 2 aromatic carbocycles. The van der Waals surface area contributed by atoms with Gasteiger partial charge < -0.3 is 10.2 Å². The quantitative estimate of drug-likeness (QED) is 0.814. The van der Waals surface area contributed by atoms with Crippen LogP contribution >= 0.6 is 12.2 Å². The molecule has 1 fully saturated rings. The molecule has 0 saturated carbocycles. The summed E-state index contributed by atoms with van der Waals surface area (Å²) in [6.45, 7) is 4.78. The number of hydrogen-bond acceptors (Lipinski definition) is 3. The van der Waals surface area contributed by atoms with E-state index in [1.54, 1.807) is 24.3 Å². The lowest BCUT2D eigenvalue weighted by molar-refractivity contribution is 0.264. The van der Waals surface area contributed by atoms with E-state index in [-0.39, 0.29) is 0 Å². The molecule has 0 amide bonds. The molecule has 138 valence electrons. The normalized spacial score (nSPS) is 15.7. The molecule has 0 unspecified atom stereocenters. The fourth-order valence-electron chi connectivity index (χ4n) is 2.87. The van der Waals surface area contributed by atoms with Crippen molar-refractivity contribution in [3.63, 3.8) is 0 Å². The zero-order valence-electron chi connectivity index (χ0n) is 14.8. The van der Waals surface area contributed by atoms with Gasteiger partial charge in [0, 0.05) is 32.7 Å². The first-order valence-electron chi connectivity index (χ1n) is 8.60. The van der Waals surface area contributed by atoms with Crippen molar-refractivity contribution in [2.24, 2.45) is 0 Å². The van der Waals surface area contributed by atoms with Crippen LogP contribution in [0.1, 0.15) is 11.1 Å². The maximum atomic E-state index is 12.7. The molecular weight excluding hydrogens is 366 g/mol. The summed E-state index contributed by atoms with van der Waals surface area (Å²) in [5, 5.41) is 3.93. The third-order valence-corrected chi connectivity index (χ3v) is 6.79. The molecule has 1 saturated heterocycles. The van der Waals surface area contributed by atoms with Gasteiger partial charge in [0.05, 0.1) is 4.90 Å². The lowest BCUT2D eigenvalue weighted by atomic mass is 10.1. The highest BCUT2D eigenvalue weighted by molar-refractivity contribution is 7.89. The SMILES string of the molecule is Cc1ccc(CNC(=S)N2CCN(S(=O)(=O)c3ccccc3)CC2)cc1. The number of aryl methyl sites for hydroxylation is 1. The minimum absolute atomic E-state index is 0.341. The van der Waals surface area contributed by atoms with E-state index in [4.69, 9.17) is 12.2 Å². The first kappa shape index (κ1) is 18.8. The van der Waals surface area contributed by atoms with Crippen molar-refractivity contribution < 1.29 is 8.42 Å². The average Bonchev–Trinajstić information content (AvgIpc) is 2.68. The highest BCUT2D eigenvalue weighted by Gasteiger charge is 2.28. The first-order chi connectivity index (χ1) is 12.5. The van der Waals surface area contributed by atoms with Crippen molar-refractivity contribution in [2.75, 3.05) is 26.2 Å². The van der Waals surface area contributed by atoms with E-state index in [1.807, 2.05) is 11.0 Å². The molecule has 1 N–H and O–H groups in total. The van der Waals surface area contributed by atoms with E-state index in [2.05, 4.69) is 36.5 Å². The zero-order valence-corrected chi connectivity index (χ0v) is 16.4. The molecule has 7 heteroatoms. The molecule has 0 spiro atoms. The van der Waals surface area contributed by atoms with E-state index in [9.17, 15) is 8.42 Å². The van der Waals surface area contributed by atoms with Crippen LogP contribution in [0.2, 0.25) is 0 Å². The van der Waals surface area contributed by atoms with Gasteiger partial charge in [-0.15, -0.1) is 0 Å². The van der Waals surface area contributed by atoms with Gasteiger partial charge >= 0.3 is 0 Å². The predicted molar refractivity (Wildman–Crippen MR) is 107 cm³/mol. The van der Waals surface area contributed by atoms with Crippen molar-refractivity contribution in [2.45, 2.75) is 18.4 Å². The Hall–Kier alpha value is -1.96. The topological polar surface area (TPSA) is 52.6 Å². The Morgan fingerprint density at radius 1 is 1.00 bits per heavy atom. The van der Waals surface area contributed by atoms with Crippen LogP contribution in [0, 0.1) is 6.92 Å². The smallest absolute Gasteiger partial charge is 0.243 e.